The molecule has 2 rings (SSSR count). The highest BCUT2D eigenvalue weighted by atomic mass is 16.5. The molecule has 1 atom stereocenters. The van der Waals surface area contributed by atoms with Crippen molar-refractivity contribution in [1.82, 2.24) is 15.1 Å². The van der Waals surface area contributed by atoms with Crippen molar-refractivity contribution in [3.63, 3.8) is 0 Å². The Morgan fingerprint density at radius 2 is 1.86 bits per heavy atom. The standard InChI is InChI=1S/C16H23N3O2/c1-12-8-18-19(10-12)11-13(2)17-9-14-5-15(20-3)7-16(6-14)21-4/h5-8,10,13,17H,9,11H2,1-4H3/t13-/m1/s1. The lowest BCUT2D eigenvalue weighted by molar-refractivity contribution is 0.392. The molecular weight excluding hydrogens is 266 g/mol. The number of aryl methyl sites for hydroxylation is 1. The van der Waals surface area contributed by atoms with Crippen LogP contribution in [0.1, 0.15) is 18.1 Å². The van der Waals surface area contributed by atoms with E-state index in [4.69, 9.17) is 9.47 Å². The molecule has 0 aliphatic rings. The minimum atomic E-state index is 0.321. The summed E-state index contributed by atoms with van der Waals surface area (Å²) in [5.74, 6) is 1.61. The molecule has 5 heteroatoms. The summed E-state index contributed by atoms with van der Waals surface area (Å²) >= 11 is 0. The zero-order valence-corrected chi connectivity index (χ0v) is 13.1. The van der Waals surface area contributed by atoms with E-state index in [-0.39, 0.29) is 0 Å². The quantitative estimate of drug-likeness (QED) is 0.850. The van der Waals surface area contributed by atoms with Crippen LogP contribution < -0.4 is 14.8 Å². The average Bonchev–Trinajstić information content (AvgIpc) is 2.89. The number of rotatable bonds is 7. The van der Waals surface area contributed by atoms with E-state index in [0.29, 0.717) is 6.04 Å². The summed E-state index contributed by atoms with van der Waals surface area (Å²) in [4.78, 5) is 0. The summed E-state index contributed by atoms with van der Waals surface area (Å²) in [5, 5.41) is 7.79. The van der Waals surface area contributed by atoms with Crippen LogP contribution in [0.4, 0.5) is 0 Å². The molecule has 2 aromatic rings. The molecule has 1 N–H and O–H groups in total. The highest BCUT2D eigenvalue weighted by Crippen LogP contribution is 2.22. The van der Waals surface area contributed by atoms with Gasteiger partial charge >= 0.3 is 0 Å². The lowest BCUT2D eigenvalue weighted by Gasteiger charge is -2.15. The summed E-state index contributed by atoms with van der Waals surface area (Å²) in [6.45, 7) is 5.79. The largest absolute Gasteiger partial charge is 0.497 e. The van der Waals surface area contributed by atoms with Crippen LogP contribution in [0.5, 0.6) is 11.5 Å². The van der Waals surface area contributed by atoms with Gasteiger partial charge in [0.05, 0.1) is 27.0 Å². The minimum absolute atomic E-state index is 0.321. The van der Waals surface area contributed by atoms with Crippen molar-refractivity contribution in [2.75, 3.05) is 14.2 Å². The normalized spacial score (nSPS) is 12.2. The molecular formula is C16H23N3O2. The Morgan fingerprint density at radius 1 is 1.19 bits per heavy atom. The van der Waals surface area contributed by atoms with Crippen molar-refractivity contribution in [2.45, 2.75) is 33.0 Å². The number of nitrogens with one attached hydrogen (secondary N) is 1. The van der Waals surface area contributed by atoms with Crippen LogP contribution in [0, 0.1) is 6.92 Å². The minimum Gasteiger partial charge on any atom is -0.497 e. The zero-order valence-electron chi connectivity index (χ0n) is 13.1. The van der Waals surface area contributed by atoms with Gasteiger partial charge in [-0.25, -0.2) is 0 Å². The lowest BCUT2D eigenvalue weighted by atomic mass is 10.2. The molecule has 0 fully saturated rings. The van der Waals surface area contributed by atoms with Crippen LogP contribution in [0.3, 0.4) is 0 Å². The second-order valence-corrected chi connectivity index (χ2v) is 5.24. The fourth-order valence-electron chi connectivity index (χ4n) is 2.17. The van der Waals surface area contributed by atoms with Gasteiger partial charge in [-0.3, -0.25) is 4.68 Å². The van der Waals surface area contributed by atoms with Gasteiger partial charge in [-0.2, -0.15) is 5.10 Å². The molecule has 1 aromatic heterocycles. The molecule has 0 saturated heterocycles. The molecule has 0 aliphatic carbocycles. The highest BCUT2D eigenvalue weighted by Gasteiger charge is 2.06. The van der Waals surface area contributed by atoms with Gasteiger partial charge in [0.25, 0.3) is 0 Å². The molecule has 21 heavy (non-hydrogen) atoms. The molecule has 0 saturated carbocycles. The predicted octanol–water partition coefficient (Wildman–Crippen LogP) is 2.39. The third-order valence-corrected chi connectivity index (χ3v) is 3.29. The first-order valence-electron chi connectivity index (χ1n) is 7.05. The first-order valence-corrected chi connectivity index (χ1v) is 7.05. The number of ether oxygens (including phenoxy) is 2. The summed E-state index contributed by atoms with van der Waals surface area (Å²) in [7, 11) is 3.32. The highest BCUT2D eigenvalue weighted by molar-refractivity contribution is 5.38. The van der Waals surface area contributed by atoms with E-state index in [0.717, 1.165) is 30.2 Å². The van der Waals surface area contributed by atoms with Crippen LogP contribution in [0.15, 0.2) is 30.6 Å². The Labute approximate surface area is 125 Å². The number of benzene rings is 1. The van der Waals surface area contributed by atoms with Crippen molar-refractivity contribution >= 4 is 0 Å². The first-order chi connectivity index (χ1) is 10.1. The first kappa shape index (κ1) is 15.4. The maximum atomic E-state index is 5.28. The second kappa shape index (κ2) is 7.13. The van der Waals surface area contributed by atoms with Crippen LogP contribution in [0.2, 0.25) is 0 Å². The summed E-state index contributed by atoms with van der Waals surface area (Å²) in [6, 6.07) is 6.22. The third-order valence-electron chi connectivity index (χ3n) is 3.29. The maximum absolute atomic E-state index is 5.28. The Morgan fingerprint density at radius 3 is 2.38 bits per heavy atom. The van der Waals surface area contributed by atoms with E-state index in [1.165, 1.54) is 5.56 Å². The molecule has 0 aliphatic heterocycles. The summed E-state index contributed by atoms with van der Waals surface area (Å²) < 4.78 is 12.5. The lowest BCUT2D eigenvalue weighted by Crippen LogP contribution is -2.30. The topological polar surface area (TPSA) is 48.3 Å². The molecule has 0 bridgehead atoms. The van der Waals surface area contributed by atoms with Gasteiger partial charge in [-0.05, 0) is 37.1 Å². The Hall–Kier alpha value is -2.01. The zero-order chi connectivity index (χ0) is 15.2. The van der Waals surface area contributed by atoms with Crippen molar-refractivity contribution in [2.24, 2.45) is 0 Å². The Bertz CT molecular complexity index is 558. The van der Waals surface area contributed by atoms with Gasteiger partial charge in [-0.15, -0.1) is 0 Å². The number of nitrogens with zero attached hydrogens (tertiary/aromatic N) is 2. The van der Waals surface area contributed by atoms with Gasteiger partial charge < -0.3 is 14.8 Å². The molecule has 0 amide bonds. The molecule has 114 valence electrons. The molecule has 1 aromatic carbocycles. The summed E-state index contributed by atoms with van der Waals surface area (Å²) in [5.41, 5.74) is 2.31. The second-order valence-electron chi connectivity index (χ2n) is 5.24. The SMILES string of the molecule is COc1cc(CN[C@H](C)Cn2cc(C)cn2)cc(OC)c1. The third kappa shape index (κ3) is 4.49. The molecule has 0 unspecified atom stereocenters. The van der Waals surface area contributed by atoms with E-state index in [9.17, 15) is 0 Å². The molecule has 5 nitrogen and oxygen atoms in total. The summed E-state index contributed by atoms with van der Waals surface area (Å²) in [6.07, 6.45) is 3.92. The Balaban J connectivity index is 1.92. The fraction of sp³-hybridized carbons (Fsp3) is 0.438. The van der Waals surface area contributed by atoms with E-state index in [1.807, 2.05) is 42.2 Å². The average molecular weight is 289 g/mol. The fourth-order valence-corrected chi connectivity index (χ4v) is 2.17. The van der Waals surface area contributed by atoms with Crippen molar-refractivity contribution in [1.29, 1.82) is 0 Å². The number of aromatic nitrogens is 2. The Kier molecular flexibility index (Phi) is 5.22. The smallest absolute Gasteiger partial charge is 0.122 e. The van der Waals surface area contributed by atoms with Crippen LogP contribution in [-0.4, -0.2) is 30.0 Å². The van der Waals surface area contributed by atoms with Gasteiger partial charge in [-0.1, -0.05) is 0 Å². The van der Waals surface area contributed by atoms with Crippen molar-refractivity contribution < 1.29 is 9.47 Å². The van der Waals surface area contributed by atoms with Crippen molar-refractivity contribution in [3.05, 3.63) is 41.7 Å². The maximum Gasteiger partial charge on any atom is 0.122 e. The number of methoxy groups -OCH3 is 2. The number of hydrogen-bond acceptors (Lipinski definition) is 4. The predicted molar refractivity (Wildman–Crippen MR) is 82.8 cm³/mol. The van der Waals surface area contributed by atoms with E-state index in [2.05, 4.69) is 17.3 Å². The molecule has 1 heterocycles. The van der Waals surface area contributed by atoms with Crippen LogP contribution in [-0.2, 0) is 13.1 Å². The van der Waals surface area contributed by atoms with E-state index >= 15 is 0 Å². The number of hydrogen-bond donors (Lipinski definition) is 1. The van der Waals surface area contributed by atoms with Crippen LogP contribution >= 0.6 is 0 Å². The van der Waals surface area contributed by atoms with E-state index < -0.39 is 0 Å². The van der Waals surface area contributed by atoms with Crippen LogP contribution in [0.25, 0.3) is 0 Å². The van der Waals surface area contributed by atoms with E-state index in [1.54, 1.807) is 14.2 Å². The molecule has 0 spiro atoms. The molecule has 0 radical (unpaired) electrons. The van der Waals surface area contributed by atoms with Gasteiger partial charge in [0, 0.05) is 24.8 Å². The van der Waals surface area contributed by atoms with Gasteiger partial charge in [0.2, 0.25) is 0 Å². The monoisotopic (exact) mass is 289 g/mol. The van der Waals surface area contributed by atoms with Gasteiger partial charge in [0.15, 0.2) is 0 Å². The van der Waals surface area contributed by atoms with Crippen molar-refractivity contribution in [3.8, 4) is 11.5 Å². The van der Waals surface area contributed by atoms with Gasteiger partial charge in [0.1, 0.15) is 11.5 Å².